The van der Waals surface area contributed by atoms with Gasteiger partial charge in [-0.05, 0) is 12.3 Å². The van der Waals surface area contributed by atoms with E-state index in [0.717, 1.165) is 12.3 Å². The fourth-order valence-electron chi connectivity index (χ4n) is 1.99. The monoisotopic (exact) mass is 197 g/mol. The lowest BCUT2D eigenvalue weighted by atomic mass is 9.87. The van der Waals surface area contributed by atoms with Gasteiger partial charge in [-0.15, -0.1) is 0 Å². The third-order valence-corrected chi connectivity index (χ3v) is 2.88. The maximum atomic E-state index is 10.9. The predicted octanol–water partition coefficient (Wildman–Crippen LogP) is 1.66. The van der Waals surface area contributed by atoms with Crippen LogP contribution >= 0.6 is 0 Å². The maximum Gasteiger partial charge on any atom is 0.287 e. The van der Waals surface area contributed by atoms with Gasteiger partial charge in [0.1, 0.15) is 0 Å². The van der Waals surface area contributed by atoms with Gasteiger partial charge in [0, 0.05) is 13.5 Å². The van der Waals surface area contributed by atoms with E-state index in [0.29, 0.717) is 6.54 Å². The Morgan fingerprint density at radius 1 is 1.21 bits per heavy atom. The SMILES string of the molecule is CC(=O)C(=O)NCCC1CCCCC1. The standard InChI is InChI=1S/C11H19NO2/c1-9(13)11(14)12-8-7-10-5-3-2-4-6-10/h10H,2-8H2,1H3,(H,12,14). The molecule has 0 unspecified atom stereocenters. The van der Waals surface area contributed by atoms with Crippen molar-refractivity contribution in [3.63, 3.8) is 0 Å². The molecule has 0 radical (unpaired) electrons. The summed E-state index contributed by atoms with van der Waals surface area (Å²) in [5.74, 6) is -0.0783. The highest BCUT2D eigenvalue weighted by Crippen LogP contribution is 2.25. The minimum atomic E-state index is -0.444. The molecule has 0 aromatic heterocycles. The van der Waals surface area contributed by atoms with Gasteiger partial charge in [0.15, 0.2) is 0 Å². The first-order valence-electron chi connectivity index (χ1n) is 5.49. The Bertz CT molecular complexity index is 207. The van der Waals surface area contributed by atoms with E-state index in [2.05, 4.69) is 5.32 Å². The van der Waals surface area contributed by atoms with Gasteiger partial charge >= 0.3 is 0 Å². The highest BCUT2D eigenvalue weighted by atomic mass is 16.2. The Balaban J connectivity index is 2.08. The van der Waals surface area contributed by atoms with Gasteiger partial charge in [-0.2, -0.15) is 0 Å². The zero-order valence-electron chi connectivity index (χ0n) is 8.84. The van der Waals surface area contributed by atoms with Crippen molar-refractivity contribution in [2.75, 3.05) is 6.54 Å². The van der Waals surface area contributed by atoms with Crippen molar-refractivity contribution in [1.29, 1.82) is 0 Å². The van der Waals surface area contributed by atoms with Crippen molar-refractivity contribution < 1.29 is 9.59 Å². The van der Waals surface area contributed by atoms with Crippen molar-refractivity contribution in [1.82, 2.24) is 5.32 Å². The largest absolute Gasteiger partial charge is 0.350 e. The van der Waals surface area contributed by atoms with Gasteiger partial charge in [-0.3, -0.25) is 9.59 Å². The zero-order valence-corrected chi connectivity index (χ0v) is 8.84. The van der Waals surface area contributed by atoms with Crippen molar-refractivity contribution in [2.24, 2.45) is 5.92 Å². The first kappa shape index (κ1) is 11.2. The van der Waals surface area contributed by atoms with Crippen molar-refractivity contribution >= 4 is 11.7 Å². The minimum Gasteiger partial charge on any atom is -0.350 e. The lowest BCUT2D eigenvalue weighted by molar-refractivity contribution is -0.136. The zero-order chi connectivity index (χ0) is 10.4. The quantitative estimate of drug-likeness (QED) is 0.697. The summed E-state index contributed by atoms with van der Waals surface area (Å²) in [6, 6.07) is 0. The molecule has 14 heavy (non-hydrogen) atoms. The Morgan fingerprint density at radius 2 is 1.86 bits per heavy atom. The van der Waals surface area contributed by atoms with E-state index >= 15 is 0 Å². The first-order chi connectivity index (χ1) is 6.70. The van der Waals surface area contributed by atoms with Crippen molar-refractivity contribution in [3.05, 3.63) is 0 Å². The summed E-state index contributed by atoms with van der Waals surface area (Å²) in [6.07, 6.45) is 7.61. The molecular weight excluding hydrogens is 178 g/mol. The lowest BCUT2D eigenvalue weighted by Crippen LogP contribution is -2.31. The van der Waals surface area contributed by atoms with Gasteiger partial charge in [-0.1, -0.05) is 32.1 Å². The molecule has 0 bridgehead atoms. The molecule has 0 atom stereocenters. The third kappa shape index (κ3) is 3.90. The van der Waals surface area contributed by atoms with Crippen LogP contribution < -0.4 is 5.32 Å². The Morgan fingerprint density at radius 3 is 2.43 bits per heavy atom. The molecular formula is C11H19NO2. The summed E-state index contributed by atoms with van der Waals surface area (Å²) >= 11 is 0. The van der Waals surface area contributed by atoms with E-state index in [-0.39, 0.29) is 0 Å². The van der Waals surface area contributed by atoms with Crippen LogP contribution in [-0.4, -0.2) is 18.2 Å². The molecule has 1 fully saturated rings. The Hall–Kier alpha value is -0.860. The lowest BCUT2D eigenvalue weighted by Gasteiger charge is -2.21. The van der Waals surface area contributed by atoms with Gasteiger partial charge in [0.05, 0.1) is 0 Å². The fourth-order valence-corrected chi connectivity index (χ4v) is 1.99. The smallest absolute Gasteiger partial charge is 0.287 e. The van der Waals surface area contributed by atoms with Crippen LogP contribution in [0.5, 0.6) is 0 Å². The molecule has 1 rings (SSSR count). The minimum absolute atomic E-state index is 0.395. The summed E-state index contributed by atoms with van der Waals surface area (Å²) in [7, 11) is 0. The number of amides is 1. The van der Waals surface area contributed by atoms with Gasteiger partial charge < -0.3 is 5.32 Å². The number of hydrogen-bond acceptors (Lipinski definition) is 2. The van der Waals surface area contributed by atoms with E-state index in [1.807, 2.05) is 0 Å². The van der Waals surface area contributed by atoms with Crippen LogP contribution in [0.4, 0.5) is 0 Å². The van der Waals surface area contributed by atoms with Gasteiger partial charge in [0.25, 0.3) is 5.91 Å². The molecule has 0 aromatic carbocycles. The van der Waals surface area contributed by atoms with Crippen LogP contribution in [0, 0.1) is 5.92 Å². The molecule has 1 amide bonds. The normalized spacial score (nSPS) is 17.8. The highest BCUT2D eigenvalue weighted by Gasteiger charge is 2.13. The summed E-state index contributed by atoms with van der Waals surface area (Å²) < 4.78 is 0. The average molecular weight is 197 g/mol. The second-order valence-electron chi connectivity index (χ2n) is 4.10. The second kappa shape index (κ2) is 5.78. The Kier molecular flexibility index (Phi) is 4.63. The first-order valence-corrected chi connectivity index (χ1v) is 5.49. The molecule has 80 valence electrons. The van der Waals surface area contributed by atoms with Crippen LogP contribution in [0.25, 0.3) is 0 Å². The fraction of sp³-hybridized carbons (Fsp3) is 0.818. The van der Waals surface area contributed by atoms with Crippen LogP contribution in [-0.2, 0) is 9.59 Å². The summed E-state index contributed by atoms with van der Waals surface area (Å²) in [5, 5.41) is 2.64. The third-order valence-electron chi connectivity index (χ3n) is 2.88. The molecule has 0 spiro atoms. The van der Waals surface area contributed by atoms with E-state index < -0.39 is 11.7 Å². The van der Waals surface area contributed by atoms with Crippen LogP contribution in [0.2, 0.25) is 0 Å². The van der Waals surface area contributed by atoms with E-state index in [1.165, 1.54) is 39.0 Å². The molecule has 0 aromatic rings. The summed E-state index contributed by atoms with van der Waals surface area (Å²) in [4.78, 5) is 21.5. The Labute approximate surface area is 85.3 Å². The van der Waals surface area contributed by atoms with Crippen molar-refractivity contribution in [3.8, 4) is 0 Å². The molecule has 0 heterocycles. The number of rotatable bonds is 4. The topological polar surface area (TPSA) is 46.2 Å². The van der Waals surface area contributed by atoms with Crippen LogP contribution in [0.1, 0.15) is 45.4 Å². The molecule has 1 saturated carbocycles. The molecule has 0 aliphatic heterocycles. The predicted molar refractivity (Wildman–Crippen MR) is 54.9 cm³/mol. The number of nitrogens with one attached hydrogen (secondary N) is 1. The average Bonchev–Trinajstić information content (AvgIpc) is 2.19. The maximum absolute atomic E-state index is 10.9. The van der Waals surface area contributed by atoms with Crippen LogP contribution in [0.3, 0.4) is 0 Å². The molecule has 0 saturated heterocycles. The summed E-state index contributed by atoms with van der Waals surface area (Å²) in [5.41, 5.74) is 0. The number of carbonyl (C=O) groups excluding carboxylic acids is 2. The number of hydrogen-bond donors (Lipinski definition) is 1. The molecule has 1 aliphatic carbocycles. The van der Waals surface area contributed by atoms with Gasteiger partial charge in [-0.25, -0.2) is 0 Å². The molecule has 1 N–H and O–H groups in total. The van der Waals surface area contributed by atoms with E-state index in [4.69, 9.17) is 0 Å². The molecule has 1 aliphatic rings. The van der Waals surface area contributed by atoms with Crippen LogP contribution in [0.15, 0.2) is 0 Å². The summed E-state index contributed by atoms with van der Waals surface area (Å²) in [6.45, 7) is 1.96. The number of ketones is 1. The molecule has 3 nitrogen and oxygen atoms in total. The van der Waals surface area contributed by atoms with Crippen molar-refractivity contribution in [2.45, 2.75) is 45.4 Å². The number of carbonyl (C=O) groups is 2. The van der Waals surface area contributed by atoms with Gasteiger partial charge in [0.2, 0.25) is 5.78 Å². The second-order valence-corrected chi connectivity index (χ2v) is 4.10. The molecule has 3 heteroatoms. The van der Waals surface area contributed by atoms with E-state index in [1.54, 1.807) is 0 Å². The number of Topliss-reactive ketones (excluding diaryl/α,β-unsaturated/α-hetero) is 1. The van der Waals surface area contributed by atoms with E-state index in [9.17, 15) is 9.59 Å². The highest BCUT2D eigenvalue weighted by molar-refractivity contribution is 6.35.